The summed E-state index contributed by atoms with van der Waals surface area (Å²) in [5.41, 5.74) is 9.08. The van der Waals surface area contributed by atoms with Gasteiger partial charge in [-0.2, -0.15) is 0 Å². The Bertz CT molecular complexity index is 1620. The summed E-state index contributed by atoms with van der Waals surface area (Å²) in [6, 6.07) is 8.44. The molecular weight excluding hydrogens is 511 g/mol. The van der Waals surface area contributed by atoms with Gasteiger partial charge in [-0.05, 0) is 66.7 Å². The number of terminal acetylenes is 1. The summed E-state index contributed by atoms with van der Waals surface area (Å²) in [4.78, 5) is 17.1. The molecule has 1 fully saturated rings. The van der Waals surface area contributed by atoms with Gasteiger partial charge in [0.2, 0.25) is 0 Å². The summed E-state index contributed by atoms with van der Waals surface area (Å²) in [5, 5.41) is 6.72. The first-order valence-corrected chi connectivity index (χ1v) is 13.5. The molecular formula is C34H35FN6. The van der Waals surface area contributed by atoms with Gasteiger partial charge < -0.3 is 15.6 Å². The van der Waals surface area contributed by atoms with E-state index in [0.717, 1.165) is 61.8 Å². The number of nitrogens with zero attached hydrogens (tertiary/aromatic N) is 3. The maximum Gasteiger partial charge on any atom is 0.123 e. The molecule has 0 aliphatic heterocycles. The van der Waals surface area contributed by atoms with Crippen LogP contribution in [0.25, 0.3) is 27.7 Å². The summed E-state index contributed by atoms with van der Waals surface area (Å²) in [5.74, 6) is 1.06. The minimum atomic E-state index is -0.276. The lowest BCUT2D eigenvalue weighted by molar-refractivity contribution is 0.371. The van der Waals surface area contributed by atoms with Crippen LogP contribution < -0.4 is 10.6 Å². The third-order valence-electron chi connectivity index (χ3n) is 7.22. The summed E-state index contributed by atoms with van der Waals surface area (Å²) < 4.78 is 13.5. The molecule has 5 rings (SSSR count). The van der Waals surface area contributed by atoms with Crippen LogP contribution in [0.3, 0.4) is 0 Å². The van der Waals surface area contributed by atoms with E-state index >= 15 is 0 Å². The zero-order valence-corrected chi connectivity index (χ0v) is 23.5. The molecule has 0 amide bonds. The van der Waals surface area contributed by atoms with Crippen molar-refractivity contribution in [3.05, 3.63) is 115 Å². The van der Waals surface area contributed by atoms with Crippen LogP contribution in [0.1, 0.15) is 37.6 Å². The van der Waals surface area contributed by atoms with Crippen molar-refractivity contribution in [1.82, 2.24) is 25.3 Å². The van der Waals surface area contributed by atoms with E-state index in [0.29, 0.717) is 12.3 Å². The molecule has 1 aliphatic carbocycles. The largest absolute Gasteiger partial charge is 0.388 e. The third-order valence-corrected chi connectivity index (χ3v) is 7.22. The zero-order valence-electron chi connectivity index (χ0n) is 23.5. The second-order valence-corrected chi connectivity index (χ2v) is 9.84. The number of rotatable bonds is 10. The van der Waals surface area contributed by atoms with Crippen LogP contribution >= 0.6 is 0 Å². The number of aromatic nitrogens is 4. The maximum absolute atomic E-state index is 13.5. The Morgan fingerprint density at radius 1 is 1.10 bits per heavy atom. The molecule has 0 unspecified atom stereocenters. The predicted molar refractivity (Wildman–Crippen MR) is 167 cm³/mol. The highest BCUT2D eigenvalue weighted by molar-refractivity contribution is 5.91. The lowest BCUT2D eigenvalue weighted by Gasteiger charge is -2.28. The lowest BCUT2D eigenvalue weighted by atomic mass is 9.83. The molecule has 0 radical (unpaired) electrons. The van der Waals surface area contributed by atoms with Gasteiger partial charge in [-0.15, -0.1) is 12.8 Å². The number of hydrogen-bond acceptors (Lipinski definition) is 5. The number of H-pyrrole nitrogens is 1. The Morgan fingerprint density at radius 2 is 1.83 bits per heavy atom. The molecule has 0 saturated heterocycles. The molecule has 0 atom stereocenters. The van der Waals surface area contributed by atoms with Gasteiger partial charge in [0.15, 0.2) is 0 Å². The van der Waals surface area contributed by atoms with Crippen LogP contribution in [0, 0.1) is 24.6 Å². The van der Waals surface area contributed by atoms with E-state index in [-0.39, 0.29) is 5.82 Å². The van der Waals surface area contributed by atoms with E-state index in [1.807, 2.05) is 32.4 Å². The van der Waals surface area contributed by atoms with E-state index in [1.54, 1.807) is 24.5 Å². The number of anilines is 1. The first-order chi connectivity index (χ1) is 19.9. The fourth-order valence-electron chi connectivity index (χ4n) is 4.82. The normalized spacial score (nSPS) is 13.6. The number of fused-ring (bicyclic) bond motifs is 1. The predicted octanol–water partition coefficient (Wildman–Crippen LogP) is 7.44. The topological polar surface area (TPSA) is 78.5 Å². The van der Waals surface area contributed by atoms with Crippen molar-refractivity contribution in [2.45, 2.75) is 32.6 Å². The summed E-state index contributed by atoms with van der Waals surface area (Å²) >= 11 is 0. The number of pyridine rings is 2. The Hall–Kier alpha value is -4.96. The molecule has 0 spiro atoms. The Kier molecular flexibility index (Phi) is 9.49. The van der Waals surface area contributed by atoms with Crippen molar-refractivity contribution in [2.24, 2.45) is 5.92 Å². The van der Waals surface area contributed by atoms with Crippen LogP contribution in [0.4, 0.5) is 10.1 Å². The Balaban J connectivity index is 0.00000189. The highest BCUT2D eigenvalue weighted by Gasteiger charge is 2.20. The number of likely N-dealkylation sites (N-methyl/N-ethyl adjacent to an activating group) is 1. The molecule has 1 saturated carbocycles. The van der Waals surface area contributed by atoms with E-state index in [1.165, 1.54) is 31.4 Å². The number of hydrogen-bond donors (Lipinski definition) is 3. The van der Waals surface area contributed by atoms with Crippen LogP contribution in [0.2, 0.25) is 0 Å². The maximum atomic E-state index is 13.5. The quantitative estimate of drug-likeness (QED) is 0.142. The molecule has 7 heteroatoms. The summed E-state index contributed by atoms with van der Waals surface area (Å²) in [7, 11) is 1.90. The van der Waals surface area contributed by atoms with Gasteiger partial charge in [-0.1, -0.05) is 37.8 Å². The molecule has 41 heavy (non-hydrogen) atoms. The average molecular weight is 547 g/mol. The number of imidazole rings is 1. The van der Waals surface area contributed by atoms with Gasteiger partial charge in [-0.3, -0.25) is 9.97 Å². The molecule has 3 heterocycles. The molecule has 4 aromatic rings. The lowest BCUT2D eigenvalue weighted by Crippen LogP contribution is -2.18. The standard InChI is InChI=1S/C32H33FN6.C2H2/c1-5-29(34-4)24(13-20(2)25-14-27(17-35-16-25)37-21(3)22-7-6-8-22)15-31-38-30-19-36-18-28(32(30)39-31)23-9-11-26(33)12-10-23;1-2/h5,9-14,16-19,22,34,37H,2-3,6-8,15H2,1,4H3,(H,38,39);1-2H/b24-13-,29-5+;. The molecule has 6 nitrogen and oxygen atoms in total. The second-order valence-electron chi connectivity index (χ2n) is 9.84. The summed E-state index contributed by atoms with van der Waals surface area (Å²) in [6.07, 6.45) is 23.5. The highest BCUT2D eigenvalue weighted by Crippen LogP contribution is 2.33. The van der Waals surface area contributed by atoms with Crippen LogP contribution in [0.5, 0.6) is 0 Å². The van der Waals surface area contributed by atoms with Crippen molar-refractivity contribution in [3.8, 4) is 24.0 Å². The van der Waals surface area contributed by atoms with E-state index in [4.69, 9.17) is 4.98 Å². The smallest absolute Gasteiger partial charge is 0.123 e. The minimum Gasteiger partial charge on any atom is -0.388 e. The number of allylic oxidation sites excluding steroid dienone is 5. The number of benzene rings is 1. The zero-order chi connectivity index (χ0) is 29.4. The van der Waals surface area contributed by atoms with E-state index in [9.17, 15) is 4.39 Å². The number of halogens is 1. The average Bonchev–Trinajstić information content (AvgIpc) is 3.37. The molecule has 1 aromatic carbocycles. The van der Waals surface area contributed by atoms with Crippen molar-refractivity contribution in [1.29, 1.82) is 0 Å². The van der Waals surface area contributed by atoms with Crippen LogP contribution in [0.15, 0.2) is 97.4 Å². The van der Waals surface area contributed by atoms with Gasteiger partial charge >= 0.3 is 0 Å². The Labute approximate surface area is 241 Å². The number of nitrogens with one attached hydrogen (secondary N) is 3. The fraction of sp³-hybridized carbons (Fsp3) is 0.206. The molecule has 3 aromatic heterocycles. The van der Waals surface area contributed by atoms with Crippen LogP contribution in [-0.4, -0.2) is 27.0 Å². The van der Waals surface area contributed by atoms with Crippen molar-refractivity contribution >= 4 is 22.3 Å². The van der Waals surface area contributed by atoms with Gasteiger partial charge in [-0.25, -0.2) is 9.37 Å². The Morgan fingerprint density at radius 3 is 2.49 bits per heavy atom. The monoisotopic (exact) mass is 546 g/mol. The van der Waals surface area contributed by atoms with E-state index < -0.39 is 0 Å². The van der Waals surface area contributed by atoms with Crippen molar-refractivity contribution in [2.75, 3.05) is 12.4 Å². The molecule has 1 aliphatic rings. The van der Waals surface area contributed by atoms with Gasteiger partial charge in [0.05, 0.1) is 29.1 Å². The number of aromatic amines is 1. The van der Waals surface area contributed by atoms with Gasteiger partial charge in [0.25, 0.3) is 0 Å². The van der Waals surface area contributed by atoms with E-state index in [2.05, 4.69) is 63.7 Å². The fourth-order valence-corrected chi connectivity index (χ4v) is 4.82. The second kappa shape index (κ2) is 13.4. The van der Waals surface area contributed by atoms with Gasteiger partial charge in [0.1, 0.15) is 11.6 Å². The van der Waals surface area contributed by atoms with Gasteiger partial charge in [0, 0.05) is 48.4 Å². The SMILES string of the molecule is C#C.C=C(/C=C(Cc1nc2c(-c3ccc(F)cc3)cncc2[nH]1)\C(=C/C)NC)c1cncc(NC(=C)C2CCC2)c1. The van der Waals surface area contributed by atoms with Crippen molar-refractivity contribution in [3.63, 3.8) is 0 Å². The third kappa shape index (κ3) is 6.79. The minimum absolute atomic E-state index is 0.276. The first-order valence-electron chi connectivity index (χ1n) is 13.5. The molecule has 208 valence electrons. The van der Waals surface area contributed by atoms with Crippen LogP contribution in [-0.2, 0) is 6.42 Å². The molecule has 0 bridgehead atoms. The summed E-state index contributed by atoms with van der Waals surface area (Å²) in [6.45, 7) is 10.6. The molecule has 3 N–H and O–H groups in total. The van der Waals surface area contributed by atoms with Crippen molar-refractivity contribution < 1.29 is 4.39 Å². The highest BCUT2D eigenvalue weighted by atomic mass is 19.1. The first kappa shape index (κ1) is 29.0.